The van der Waals surface area contributed by atoms with E-state index in [0.29, 0.717) is 12.3 Å². The molecule has 0 aliphatic heterocycles. The molecule has 0 saturated carbocycles. The summed E-state index contributed by atoms with van der Waals surface area (Å²) in [5.74, 6) is 0.211. The molecule has 0 aliphatic carbocycles. The van der Waals surface area contributed by atoms with Crippen LogP contribution in [0.4, 0.5) is 0 Å². The third-order valence-corrected chi connectivity index (χ3v) is 2.65. The predicted octanol–water partition coefficient (Wildman–Crippen LogP) is 3.30. The van der Waals surface area contributed by atoms with Crippen LogP contribution in [-0.4, -0.2) is 13.1 Å². The molecule has 0 saturated heterocycles. The lowest BCUT2D eigenvalue weighted by molar-refractivity contribution is -0.140. The van der Waals surface area contributed by atoms with Crippen LogP contribution in [0.2, 0.25) is 0 Å². The highest BCUT2D eigenvalue weighted by Gasteiger charge is 2.11. The normalized spacial score (nSPS) is 11.8. The molecular weight excluding hydrogens is 200 g/mol. The fraction of sp³-hybridized carbons (Fsp3) is 0.357. The average Bonchev–Trinajstić information content (AvgIpc) is 2.35. The molecule has 2 heteroatoms. The Kier molecular flexibility index (Phi) is 5.34. The van der Waals surface area contributed by atoms with E-state index in [9.17, 15) is 4.79 Å². The molecule has 16 heavy (non-hydrogen) atoms. The van der Waals surface area contributed by atoms with Crippen molar-refractivity contribution in [1.82, 2.24) is 0 Å². The molecule has 2 nitrogen and oxygen atoms in total. The van der Waals surface area contributed by atoms with Gasteiger partial charge in [0.2, 0.25) is 0 Å². The SMILES string of the molecule is C=CCC(CCC(=O)OC)c1ccccc1. The van der Waals surface area contributed by atoms with Gasteiger partial charge in [0, 0.05) is 6.42 Å². The number of ether oxygens (including phenoxy) is 1. The van der Waals surface area contributed by atoms with E-state index < -0.39 is 0 Å². The van der Waals surface area contributed by atoms with E-state index in [-0.39, 0.29) is 5.97 Å². The monoisotopic (exact) mass is 218 g/mol. The van der Waals surface area contributed by atoms with Crippen LogP contribution in [0.15, 0.2) is 43.0 Å². The number of esters is 1. The van der Waals surface area contributed by atoms with Crippen molar-refractivity contribution in [3.05, 3.63) is 48.6 Å². The van der Waals surface area contributed by atoms with E-state index in [0.717, 1.165) is 12.8 Å². The third-order valence-electron chi connectivity index (χ3n) is 2.65. The van der Waals surface area contributed by atoms with Gasteiger partial charge < -0.3 is 4.74 Å². The lowest BCUT2D eigenvalue weighted by atomic mass is 9.91. The summed E-state index contributed by atoms with van der Waals surface area (Å²) >= 11 is 0. The minimum Gasteiger partial charge on any atom is -0.469 e. The van der Waals surface area contributed by atoms with Crippen LogP contribution in [-0.2, 0) is 9.53 Å². The Morgan fingerprint density at radius 2 is 2.12 bits per heavy atom. The first-order valence-corrected chi connectivity index (χ1v) is 5.50. The smallest absolute Gasteiger partial charge is 0.305 e. The Hall–Kier alpha value is -1.57. The van der Waals surface area contributed by atoms with Crippen LogP contribution in [0.3, 0.4) is 0 Å². The molecule has 0 aromatic heterocycles. The molecule has 0 heterocycles. The highest BCUT2D eigenvalue weighted by atomic mass is 16.5. The Morgan fingerprint density at radius 3 is 2.69 bits per heavy atom. The summed E-state index contributed by atoms with van der Waals surface area (Å²) in [5, 5.41) is 0. The average molecular weight is 218 g/mol. The summed E-state index contributed by atoms with van der Waals surface area (Å²) in [4.78, 5) is 11.1. The summed E-state index contributed by atoms with van der Waals surface area (Å²) in [6.07, 6.45) is 4.06. The lowest BCUT2D eigenvalue weighted by Gasteiger charge is -2.14. The first-order valence-electron chi connectivity index (χ1n) is 5.50. The molecule has 1 aromatic carbocycles. The molecule has 0 N–H and O–H groups in total. The van der Waals surface area contributed by atoms with Crippen molar-refractivity contribution in [2.24, 2.45) is 0 Å². The number of rotatable bonds is 6. The second kappa shape index (κ2) is 6.83. The number of hydrogen-bond donors (Lipinski definition) is 0. The molecule has 1 unspecified atom stereocenters. The molecule has 0 amide bonds. The standard InChI is InChI=1S/C14H18O2/c1-3-7-12(10-11-14(15)16-2)13-8-5-4-6-9-13/h3-6,8-9,12H,1,7,10-11H2,2H3. The van der Waals surface area contributed by atoms with Gasteiger partial charge >= 0.3 is 5.97 Å². The predicted molar refractivity (Wildman–Crippen MR) is 65.2 cm³/mol. The van der Waals surface area contributed by atoms with Gasteiger partial charge in [0.1, 0.15) is 0 Å². The fourth-order valence-corrected chi connectivity index (χ4v) is 1.74. The van der Waals surface area contributed by atoms with Crippen molar-refractivity contribution < 1.29 is 9.53 Å². The van der Waals surface area contributed by atoms with Crippen molar-refractivity contribution in [3.63, 3.8) is 0 Å². The highest BCUT2D eigenvalue weighted by molar-refractivity contribution is 5.69. The second-order valence-electron chi connectivity index (χ2n) is 3.75. The molecule has 0 aliphatic rings. The molecule has 0 radical (unpaired) electrons. The molecule has 1 rings (SSSR count). The topological polar surface area (TPSA) is 26.3 Å². The maximum absolute atomic E-state index is 11.1. The summed E-state index contributed by atoms with van der Waals surface area (Å²) in [6, 6.07) is 10.2. The summed E-state index contributed by atoms with van der Waals surface area (Å²) < 4.78 is 4.65. The maximum Gasteiger partial charge on any atom is 0.305 e. The molecular formula is C14H18O2. The first-order chi connectivity index (χ1) is 7.77. The molecule has 1 atom stereocenters. The van der Waals surface area contributed by atoms with Crippen molar-refractivity contribution in [3.8, 4) is 0 Å². The zero-order valence-corrected chi connectivity index (χ0v) is 9.69. The minimum atomic E-state index is -0.148. The van der Waals surface area contributed by atoms with E-state index >= 15 is 0 Å². The zero-order chi connectivity index (χ0) is 11.8. The van der Waals surface area contributed by atoms with E-state index in [1.165, 1.54) is 12.7 Å². The highest BCUT2D eigenvalue weighted by Crippen LogP contribution is 2.25. The van der Waals surface area contributed by atoms with Crippen molar-refractivity contribution in [1.29, 1.82) is 0 Å². The molecule has 0 bridgehead atoms. The van der Waals surface area contributed by atoms with Crippen LogP contribution in [0.5, 0.6) is 0 Å². The number of carbonyl (C=O) groups excluding carboxylic acids is 1. The van der Waals surface area contributed by atoms with Gasteiger partial charge in [0.15, 0.2) is 0 Å². The van der Waals surface area contributed by atoms with Crippen molar-refractivity contribution >= 4 is 5.97 Å². The molecule has 1 aromatic rings. The van der Waals surface area contributed by atoms with Crippen LogP contribution in [0, 0.1) is 0 Å². The number of methoxy groups -OCH3 is 1. The quantitative estimate of drug-likeness (QED) is 0.541. The second-order valence-corrected chi connectivity index (χ2v) is 3.75. The van der Waals surface area contributed by atoms with E-state index in [1.807, 2.05) is 24.3 Å². The minimum absolute atomic E-state index is 0.148. The number of carbonyl (C=O) groups is 1. The molecule has 86 valence electrons. The number of hydrogen-bond acceptors (Lipinski definition) is 2. The van der Waals surface area contributed by atoms with Crippen LogP contribution >= 0.6 is 0 Å². The van der Waals surface area contributed by atoms with Crippen molar-refractivity contribution in [2.75, 3.05) is 7.11 Å². The summed E-state index contributed by atoms with van der Waals surface area (Å²) in [5.41, 5.74) is 1.26. The third kappa shape index (κ3) is 3.89. The fourth-order valence-electron chi connectivity index (χ4n) is 1.74. The van der Waals surface area contributed by atoms with E-state index in [1.54, 1.807) is 0 Å². The van der Waals surface area contributed by atoms with Crippen molar-refractivity contribution in [2.45, 2.75) is 25.2 Å². The van der Waals surface area contributed by atoms with E-state index in [4.69, 9.17) is 0 Å². The lowest BCUT2D eigenvalue weighted by Crippen LogP contribution is -2.05. The van der Waals surface area contributed by atoms with Gasteiger partial charge in [-0.15, -0.1) is 6.58 Å². The summed E-state index contributed by atoms with van der Waals surface area (Å²) in [7, 11) is 1.42. The van der Waals surface area contributed by atoms with Gasteiger partial charge in [-0.3, -0.25) is 4.79 Å². The zero-order valence-electron chi connectivity index (χ0n) is 9.69. The molecule has 0 fully saturated rings. The molecule has 0 spiro atoms. The maximum atomic E-state index is 11.1. The van der Waals surface area contributed by atoms with E-state index in [2.05, 4.69) is 23.4 Å². The van der Waals surface area contributed by atoms with Crippen LogP contribution in [0.1, 0.15) is 30.7 Å². The largest absolute Gasteiger partial charge is 0.469 e. The Bertz CT molecular complexity index is 330. The van der Waals surface area contributed by atoms with Crippen LogP contribution in [0.25, 0.3) is 0 Å². The number of allylic oxidation sites excluding steroid dienone is 1. The Morgan fingerprint density at radius 1 is 1.44 bits per heavy atom. The van der Waals surface area contributed by atoms with Gasteiger partial charge in [-0.1, -0.05) is 36.4 Å². The van der Waals surface area contributed by atoms with Gasteiger partial charge in [-0.2, -0.15) is 0 Å². The summed E-state index contributed by atoms with van der Waals surface area (Å²) in [6.45, 7) is 3.76. The Labute approximate surface area is 96.9 Å². The Balaban J connectivity index is 2.61. The van der Waals surface area contributed by atoms with Gasteiger partial charge in [-0.05, 0) is 24.3 Å². The number of benzene rings is 1. The van der Waals surface area contributed by atoms with Crippen LogP contribution < -0.4 is 0 Å². The van der Waals surface area contributed by atoms with Gasteiger partial charge in [0.05, 0.1) is 7.11 Å². The first kappa shape index (κ1) is 12.5. The van der Waals surface area contributed by atoms with Gasteiger partial charge in [0.25, 0.3) is 0 Å². The van der Waals surface area contributed by atoms with Gasteiger partial charge in [-0.25, -0.2) is 0 Å².